The summed E-state index contributed by atoms with van der Waals surface area (Å²) < 4.78 is 5.75. The molecule has 1 aromatic rings. The molecule has 0 aliphatic carbocycles. The van der Waals surface area contributed by atoms with E-state index in [0.29, 0.717) is 29.5 Å². The van der Waals surface area contributed by atoms with Gasteiger partial charge in [-0.15, -0.1) is 0 Å². The topological polar surface area (TPSA) is 61.9 Å². The van der Waals surface area contributed by atoms with E-state index in [4.69, 9.17) is 16.3 Å². The van der Waals surface area contributed by atoms with Crippen LogP contribution < -0.4 is 10.1 Å². The maximum absolute atomic E-state index is 12.8. The standard InChI is InChI=1S/C15H18ClN3O3/c1-15(14(21)19-7-5-18(2)6-8-19)13(20)17-11-9-10(16)3-4-12(11)22-15/h3-4,9H,5-8H2,1-2H3,(H,17,20)/t15-/m0/s1. The van der Waals surface area contributed by atoms with Crippen LogP contribution in [0.2, 0.25) is 5.02 Å². The molecule has 1 atom stereocenters. The van der Waals surface area contributed by atoms with Crippen molar-refractivity contribution in [1.82, 2.24) is 9.80 Å². The molecule has 0 radical (unpaired) electrons. The summed E-state index contributed by atoms with van der Waals surface area (Å²) in [4.78, 5) is 29.0. The van der Waals surface area contributed by atoms with Gasteiger partial charge in [-0.3, -0.25) is 9.59 Å². The maximum atomic E-state index is 12.8. The van der Waals surface area contributed by atoms with E-state index in [-0.39, 0.29) is 5.91 Å². The van der Waals surface area contributed by atoms with Crippen LogP contribution in [-0.4, -0.2) is 60.4 Å². The molecule has 6 nitrogen and oxygen atoms in total. The minimum absolute atomic E-state index is 0.307. The van der Waals surface area contributed by atoms with Crippen LogP contribution in [0.25, 0.3) is 0 Å². The molecule has 0 unspecified atom stereocenters. The Morgan fingerprint density at radius 2 is 2.00 bits per heavy atom. The van der Waals surface area contributed by atoms with Gasteiger partial charge in [0.25, 0.3) is 17.4 Å². The summed E-state index contributed by atoms with van der Waals surface area (Å²) in [6.45, 7) is 4.27. The lowest BCUT2D eigenvalue weighted by Crippen LogP contribution is -2.62. The Hall–Kier alpha value is -1.79. The number of hydrogen-bond acceptors (Lipinski definition) is 4. The van der Waals surface area contributed by atoms with Gasteiger partial charge < -0.3 is 19.9 Å². The summed E-state index contributed by atoms with van der Waals surface area (Å²) in [6.07, 6.45) is 0. The fourth-order valence-electron chi connectivity index (χ4n) is 2.65. The highest BCUT2D eigenvalue weighted by atomic mass is 35.5. The van der Waals surface area contributed by atoms with Crippen molar-refractivity contribution in [3.05, 3.63) is 23.2 Å². The number of amides is 2. The van der Waals surface area contributed by atoms with Gasteiger partial charge in [0.15, 0.2) is 0 Å². The Labute approximate surface area is 134 Å². The zero-order valence-corrected chi connectivity index (χ0v) is 13.3. The molecule has 0 bridgehead atoms. The summed E-state index contributed by atoms with van der Waals surface area (Å²) in [5, 5.41) is 3.21. The fourth-order valence-corrected chi connectivity index (χ4v) is 2.82. The average Bonchev–Trinajstić information content (AvgIpc) is 2.49. The Morgan fingerprint density at radius 1 is 1.32 bits per heavy atom. The highest BCUT2D eigenvalue weighted by molar-refractivity contribution is 6.31. The number of ether oxygens (including phenoxy) is 1. The number of carbonyl (C=O) groups is 2. The van der Waals surface area contributed by atoms with E-state index in [1.54, 1.807) is 23.1 Å². The van der Waals surface area contributed by atoms with Crippen LogP contribution in [0.4, 0.5) is 5.69 Å². The van der Waals surface area contributed by atoms with Gasteiger partial charge in [-0.25, -0.2) is 0 Å². The summed E-state index contributed by atoms with van der Waals surface area (Å²) in [5.74, 6) is -0.320. The van der Waals surface area contributed by atoms with Crippen molar-refractivity contribution in [3.63, 3.8) is 0 Å². The third kappa shape index (κ3) is 2.53. The molecule has 0 aromatic heterocycles. The lowest BCUT2D eigenvalue weighted by atomic mass is 10.0. The summed E-state index contributed by atoms with van der Waals surface area (Å²) in [5.41, 5.74) is -1.06. The molecule has 1 aromatic carbocycles. The Kier molecular flexibility index (Phi) is 3.74. The molecule has 2 aliphatic heterocycles. The molecule has 1 fully saturated rings. The van der Waals surface area contributed by atoms with Crippen LogP contribution in [0.3, 0.4) is 0 Å². The van der Waals surface area contributed by atoms with Gasteiger partial charge in [-0.05, 0) is 32.2 Å². The van der Waals surface area contributed by atoms with E-state index in [1.165, 1.54) is 6.92 Å². The quantitative estimate of drug-likeness (QED) is 0.789. The summed E-state index contributed by atoms with van der Waals surface area (Å²) in [6, 6.07) is 4.93. The van der Waals surface area contributed by atoms with Crippen LogP contribution >= 0.6 is 11.6 Å². The minimum Gasteiger partial charge on any atom is -0.466 e. The lowest BCUT2D eigenvalue weighted by Gasteiger charge is -2.39. The van der Waals surface area contributed by atoms with Crippen LogP contribution in [0.5, 0.6) is 5.75 Å². The van der Waals surface area contributed by atoms with E-state index in [9.17, 15) is 9.59 Å². The number of carbonyl (C=O) groups excluding carboxylic acids is 2. The molecule has 2 heterocycles. The first-order valence-electron chi connectivity index (χ1n) is 7.18. The second-order valence-corrected chi connectivity index (χ2v) is 6.26. The molecular weight excluding hydrogens is 306 g/mol. The summed E-state index contributed by atoms with van der Waals surface area (Å²) in [7, 11) is 2.01. The van der Waals surface area contributed by atoms with Crippen LogP contribution in [0.1, 0.15) is 6.92 Å². The molecular formula is C15H18ClN3O3. The van der Waals surface area contributed by atoms with Crippen molar-refractivity contribution in [3.8, 4) is 5.75 Å². The average molecular weight is 324 g/mol. The predicted molar refractivity (Wildman–Crippen MR) is 83.2 cm³/mol. The monoisotopic (exact) mass is 323 g/mol. The van der Waals surface area contributed by atoms with Crippen molar-refractivity contribution >= 4 is 29.1 Å². The third-order valence-corrected chi connectivity index (χ3v) is 4.37. The number of benzene rings is 1. The van der Waals surface area contributed by atoms with E-state index >= 15 is 0 Å². The molecule has 3 rings (SSSR count). The first kappa shape index (κ1) is 15.1. The van der Waals surface area contributed by atoms with Crippen molar-refractivity contribution < 1.29 is 14.3 Å². The predicted octanol–water partition coefficient (Wildman–Crippen LogP) is 1.20. The van der Waals surface area contributed by atoms with E-state index in [2.05, 4.69) is 10.2 Å². The maximum Gasteiger partial charge on any atom is 0.278 e. The highest BCUT2D eigenvalue weighted by Gasteiger charge is 2.49. The number of likely N-dealkylation sites (N-methyl/N-ethyl adjacent to an activating group) is 1. The van der Waals surface area contributed by atoms with Crippen LogP contribution in [-0.2, 0) is 9.59 Å². The Balaban J connectivity index is 1.84. The van der Waals surface area contributed by atoms with E-state index in [0.717, 1.165) is 13.1 Å². The number of nitrogens with zero attached hydrogens (tertiary/aromatic N) is 2. The first-order chi connectivity index (χ1) is 10.4. The molecule has 22 heavy (non-hydrogen) atoms. The zero-order chi connectivity index (χ0) is 15.9. The van der Waals surface area contributed by atoms with Crippen LogP contribution in [0, 0.1) is 0 Å². The van der Waals surface area contributed by atoms with Crippen molar-refractivity contribution in [1.29, 1.82) is 0 Å². The second-order valence-electron chi connectivity index (χ2n) is 5.83. The Bertz CT molecular complexity index is 628. The number of rotatable bonds is 1. The fraction of sp³-hybridized carbons (Fsp3) is 0.467. The lowest BCUT2D eigenvalue weighted by molar-refractivity contribution is -0.155. The third-order valence-electron chi connectivity index (χ3n) is 4.14. The van der Waals surface area contributed by atoms with Gasteiger partial charge in [0.1, 0.15) is 5.75 Å². The number of halogens is 1. The zero-order valence-electron chi connectivity index (χ0n) is 12.6. The van der Waals surface area contributed by atoms with Gasteiger partial charge >= 0.3 is 0 Å². The molecule has 0 saturated carbocycles. The minimum atomic E-state index is -1.54. The summed E-state index contributed by atoms with van der Waals surface area (Å²) >= 11 is 5.91. The number of fused-ring (bicyclic) bond motifs is 1. The molecule has 1 N–H and O–H groups in total. The van der Waals surface area contributed by atoms with Gasteiger partial charge in [0.05, 0.1) is 5.69 Å². The number of piperazine rings is 1. The number of nitrogens with one attached hydrogen (secondary N) is 1. The molecule has 2 aliphatic rings. The second kappa shape index (κ2) is 5.44. The van der Waals surface area contributed by atoms with Gasteiger partial charge in [-0.2, -0.15) is 0 Å². The van der Waals surface area contributed by atoms with Crippen molar-refractivity contribution in [2.75, 3.05) is 38.5 Å². The smallest absolute Gasteiger partial charge is 0.278 e. The largest absolute Gasteiger partial charge is 0.466 e. The van der Waals surface area contributed by atoms with Crippen LogP contribution in [0.15, 0.2) is 18.2 Å². The van der Waals surface area contributed by atoms with Crippen molar-refractivity contribution in [2.45, 2.75) is 12.5 Å². The SMILES string of the molecule is CN1CCN(C(=O)[C@@]2(C)Oc3ccc(Cl)cc3NC2=O)CC1. The highest BCUT2D eigenvalue weighted by Crippen LogP contribution is 2.36. The molecule has 118 valence electrons. The molecule has 1 saturated heterocycles. The Morgan fingerprint density at radius 3 is 2.68 bits per heavy atom. The van der Waals surface area contributed by atoms with Gasteiger partial charge in [-0.1, -0.05) is 11.6 Å². The first-order valence-corrected chi connectivity index (χ1v) is 7.56. The molecule has 2 amide bonds. The molecule has 0 spiro atoms. The number of hydrogen-bond donors (Lipinski definition) is 1. The molecule has 7 heteroatoms. The van der Waals surface area contributed by atoms with Gasteiger partial charge in [0, 0.05) is 31.2 Å². The van der Waals surface area contributed by atoms with E-state index in [1.807, 2.05) is 7.05 Å². The van der Waals surface area contributed by atoms with E-state index < -0.39 is 11.5 Å². The van der Waals surface area contributed by atoms with Crippen molar-refractivity contribution in [2.24, 2.45) is 0 Å². The van der Waals surface area contributed by atoms with Gasteiger partial charge in [0.2, 0.25) is 0 Å². The number of anilines is 1. The normalized spacial score (nSPS) is 25.2.